The Labute approximate surface area is 371 Å². The molecule has 3 heteroatoms. The smallest absolute Gasteiger partial charge is 0.0547 e. The van der Waals surface area contributed by atoms with Gasteiger partial charge in [-0.3, -0.25) is 0 Å². The van der Waals surface area contributed by atoms with Crippen molar-refractivity contribution in [2.75, 3.05) is 0 Å². The van der Waals surface area contributed by atoms with Crippen LogP contribution >= 0.6 is 0 Å². The van der Waals surface area contributed by atoms with E-state index in [1.807, 2.05) is 18.2 Å². The van der Waals surface area contributed by atoms with Crippen molar-refractivity contribution in [2.45, 2.75) is 6.42 Å². The molecule has 0 saturated heterocycles. The Morgan fingerprint density at radius 3 is 1.56 bits per heavy atom. The summed E-state index contributed by atoms with van der Waals surface area (Å²) in [6.07, 6.45) is 5.20. The van der Waals surface area contributed by atoms with E-state index in [0.717, 1.165) is 40.2 Å². The summed E-state index contributed by atoms with van der Waals surface area (Å²) in [6.45, 7) is 0. The highest BCUT2D eigenvalue weighted by Crippen LogP contribution is 2.44. The normalized spacial score (nSPS) is 12.4. The van der Waals surface area contributed by atoms with Crippen molar-refractivity contribution < 1.29 is 0 Å². The second kappa shape index (κ2) is 15.5. The van der Waals surface area contributed by atoms with Gasteiger partial charge in [-0.15, -0.1) is 0 Å². The van der Waals surface area contributed by atoms with E-state index in [1.54, 1.807) is 0 Å². The minimum atomic E-state index is 0.741. The fraction of sp³-hybridized carbons (Fsp3) is 0.0164. The highest BCUT2D eigenvalue weighted by Gasteiger charge is 2.20. The summed E-state index contributed by atoms with van der Waals surface area (Å²) in [5, 5.41) is 10.1. The van der Waals surface area contributed by atoms with Crippen LogP contribution < -0.4 is 5.73 Å². The molecule has 3 nitrogen and oxygen atoms in total. The zero-order valence-corrected chi connectivity index (χ0v) is 35.2. The Bertz CT molecular complexity index is 3760. The molecule has 0 aliphatic rings. The van der Waals surface area contributed by atoms with Gasteiger partial charge >= 0.3 is 0 Å². The standard InChI is InChI=1S/C61H43N3/c62-54(45-18-8-3-9-19-45)40-47(25-24-41-14-4-1-5-15-41)44-28-34-48(35-29-44)63-55-22-12-10-20-52(55)60-51-36-30-46-31-38-58-61(59(46)50(51)37-39-57(60)63)53-21-11-13-23-56(53)64(58)49-32-26-43(27-33-49)42-16-6-2-7-17-42/h1-23,25-40H,24,62H2/b47-25+,54-40-. The molecular weight excluding hydrogens is 775 g/mol. The summed E-state index contributed by atoms with van der Waals surface area (Å²) >= 11 is 0. The molecule has 0 unspecified atom stereocenters. The Kier molecular flexibility index (Phi) is 9.05. The molecule has 12 rings (SSSR count). The Morgan fingerprint density at radius 1 is 0.375 bits per heavy atom. The maximum atomic E-state index is 6.74. The van der Waals surface area contributed by atoms with E-state index in [0.29, 0.717) is 0 Å². The average molecular weight is 818 g/mol. The Hall–Kier alpha value is -8.40. The van der Waals surface area contributed by atoms with Gasteiger partial charge in [0.25, 0.3) is 0 Å². The van der Waals surface area contributed by atoms with E-state index in [1.165, 1.54) is 81.8 Å². The van der Waals surface area contributed by atoms with Gasteiger partial charge in [0.1, 0.15) is 0 Å². The molecule has 2 aromatic heterocycles. The third-order valence-electron chi connectivity index (χ3n) is 13.0. The molecule has 12 aromatic rings. The zero-order valence-electron chi connectivity index (χ0n) is 35.2. The van der Waals surface area contributed by atoms with Gasteiger partial charge in [0, 0.05) is 38.6 Å². The molecule has 0 aliphatic heterocycles. The van der Waals surface area contributed by atoms with Crippen molar-refractivity contribution in [2.24, 2.45) is 5.73 Å². The van der Waals surface area contributed by atoms with Gasteiger partial charge in [-0.2, -0.15) is 0 Å². The number of hydrogen-bond acceptors (Lipinski definition) is 1. The molecule has 0 amide bonds. The number of nitrogens with two attached hydrogens (primary N) is 1. The molecule has 0 aliphatic carbocycles. The lowest BCUT2D eigenvalue weighted by Crippen LogP contribution is -1.98. The summed E-state index contributed by atoms with van der Waals surface area (Å²) in [7, 11) is 0. The summed E-state index contributed by atoms with van der Waals surface area (Å²) in [5.74, 6) is 0. The fourth-order valence-electron chi connectivity index (χ4n) is 9.93. The minimum Gasteiger partial charge on any atom is -0.398 e. The van der Waals surface area contributed by atoms with Crippen molar-refractivity contribution >= 4 is 76.4 Å². The van der Waals surface area contributed by atoms with Crippen LogP contribution in [0.2, 0.25) is 0 Å². The number of aromatic nitrogens is 2. The first-order valence-electron chi connectivity index (χ1n) is 22.0. The quantitative estimate of drug-likeness (QED) is 0.120. The van der Waals surface area contributed by atoms with Crippen molar-refractivity contribution in [1.82, 2.24) is 9.13 Å². The summed E-state index contributed by atoms with van der Waals surface area (Å²) < 4.78 is 4.85. The van der Waals surface area contributed by atoms with Gasteiger partial charge in [-0.05, 0) is 116 Å². The Morgan fingerprint density at radius 2 is 0.875 bits per heavy atom. The van der Waals surface area contributed by atoms with Crippen molar-refractivity contribution in [3.63, 3.8) is 0 Å². The average Bonchev–Trinajstić information content (AvgIpc) is 3.89. The predicted molar refractivity (Wildman–Crippen MR) is 272 cm³/mol. The van der Waals surface area contributed by atoms with E-state index in [9.17, 15) is 0 Å². The van der Waals surface area contributed by atoms with Crippen LogP contribution in [-0.2, 0) is 6.42 Å². The molecule has 0 radical (unpaired) electrons. The third kappa shape index (κ3) is 6.29. The minimum absolute atomic E-state index is 0.741. The molecule has 0 spiro atoms. The lowest BCUT2D eigenvalue weighted by atomic mass is 9.95. The highest BCUT2D eigenvalue weighted by atomic mass is 15.0. The van der Waals surface area contributed by atoms with Crippen LogP contribution in [0.4, 0.5) is 0 Å². The number of para-hydroxylation sites is 2. The van der Waals surface area contributed by atoms with Crippen molar-refractivity contribution in [1.29, 1.82) is 0 Å². The van der Waals surface area contributed by atoms with Gasteiger partial charge in [0.2, 0.25) is 0 Å². The summed E-state index contributed by atoms with van der Waals surface area (Å²) in [5.41, 5.74) is 21.4. The molecular formula is C61H43N3. The van der Waals surface area contributed by atoms with Crippen LogP contribution in [0.1, 0.15) is 16.7 Å². The van der Waals surface area contributed by atoms with Gasteiger partial charge in [0.05, 0.1) is 22.1 Å². The highest BCUT2D eigenvalue weighted by molar-refractivity contribution is 6.32. The van der Waals surface area contributed by atoms with Crippen LogP contribution in [0.25, 0.3) is 98.9 Å². The molecule has 64 heavy (non-hydrogen) atoms. The van der Waals surface area contributed by atoms with Gasteiger partial charge in [-0.1, -0.05) is 182 Å². The number of nitrogens with zero attached hydrogens (tertiary/aromatic N) is 2. The van der Waals surface area contributed by atoms with Gasteiger partial charge in [0.15, 0.2) is 0 Å². The molecule has 2 heterocycles. The molecule has 0 atom stereocenters. The SMILES string of the molecule is N/C(=C\C(=C/Cc1ccccc1)c1ccc(-n2c3ccccc3c3c4ccc5ccc6c(c7ccccc7n6-c6ccc(-c7ccccc7)cc6)c5c4ccc32)cc1)c1ccccc1. The van der Waals surface area contributed by atoms with Crippen molar-refractivity contribution in [3.8, 4) is 22.5 Å². The first-order chi connectivity index (χ1) is 31.7. The molecule has 302 valence electrons. The number of fused-ring (bicyclic) bond motifs is 11. The molecule has 10 aromatic carbocycles. The number of benzene rings is 10. The molecule has 0 saturated carbocycles. The van der Waals surface area contributed by atoms with Crippen molar-refractivity contribution in [3.05, 3.63) is 253 Å². The van der Waals surface area contributed by atoms with Crippen LogP contribution in [0.15, 0.2) is 237 Å². The van der Waals surface area contributed by atoms with E-state index >= 15 is 0 Å². The van der Waals surface area contributed by atoms with E-state index in [-0.39, 0.29) is 0 Å². The van der Waals surface area contributed by atoms with Gasteiger partial charge < -0.3 is 14.9 Å². The predicted octanol–water partition coefficient (Wildman–Crippen LogP) is 15.5. The third-order valence-corrected chi connectivity index (χ3v) is 13.0. The summed E-state index contributed by atoms with van der Waals surface area (Å²) in [4.78, 5) is 0. The second-order valence-corrected chi connectivity index (χ2v) is 16.7. The van der Waals surface area contributed by atoms with Crippen LogP contribution in [-0.4, -0.2) is 9.13 Å². The Balaban J connectivity index is 1.01. The lowest BCUT2D eigenvalue weighted by molar-refractivity contribution is 1.18. The fourth-order valence-corrected chi connectivity index (χ4v) is 9.93. The number of allylic oxidation sites excluding steroid dienone is 3. The number of hydrogen-bond donors (Lipinski definition) is 1. The largest absolute Gasteiger partial charge is 0.398 e. The zero-order chi connectivity index (χ0) is 42.6. The second-order valence-electron chi connectivity index (χ2n) is 16.7. The van der Waals surface area contributed by atoms with Crippen LogP contribution in [0.5, 0.6) is 0 Å². The van der Waals surface area contributed by atoms with Gasteiger partial charge in [-0.25, -0.2) is 0 Å². The number of rotatable bonds is 8. The van der Waals surface area contributed by atoms with Crippen LogP contribution in [0, 0.1) is 0 Å². The lowest BCUT2D eigenvalue weighted by Gasteiger charge is -2.12. The summed E-state index contributed by atoms with van der Waals surface area (Å²) in [6, 6.07) is 81.0. The maximum Gasteiger partial charge on any atom is 0.0547 e. The first-order valence-corrected chi connectivity index (χ1v) is 22.0. The monoisotopic (exact) mass is 817 g/mol. The first kappa shape index (κ1) is 37.4. The topological polar surface area (TPSA) is 35.9 Å². The molecule has 0 fully saturated rings. The molecule has 2 N–H and O–H groups in total. The van der Waals surface area contributed by atoms with Crippen LogP contribution in [0.3, 0.4) is 0 Å². The molecule has 0 bridgehead atoms. The maximum absolute atomic E-state index is 6.74. The van der Waals surface area contributed by atoms with E-state index in [4.69, 9.17) is 5.73 Å². The van der Waals surface area contributed by atoms with E-state index < -0.39 is 0 Å². The van der Waals surface area contributed by atoms with E-state index in [2.05, 4.69) is 228 Å².